The lowest BCUT2D eigenvalue weighted by Gasteiger charge is -2.60. The number of aliphatic carboxylic acids is 1. The Labute approximate surface area is 189 Å². The van der Waals surface area contributed by atoms with Gasteiger partial charge in [-0.2, -0.15) is 5.10 Å². The van der Waals surface area contributed by atoms with Gasteiger partial charge in [-0.3, -0.25) is 9.59 Å². The zero-order chi connectivity index (χ0) is 22.0. The maximum absolute atomic E-state index is 13.3. The molecule has 0 aliphatic heterocycles. The molecule has 2 N–H and O–H groups in total. The first-order valence-electron chi connectivity index (χ1n) is 10.4. The molecule has 0 radical (unpaired) electrons. The van der Waals surface area contributed by atoms with Gasteiger partial charge in [-0.1, -0.05) is 23.2 Å². The van der Waals surface area contributed by atoms with E-state index in [1.54, 1.807) is 18.2 Å². The van der Waals surface area contributed by atoms with Crippen LogP contribution in [0.4, 0.5) is 11.4 Å². The zero-order valence-electron chi connectivity index (χ0n) is 17.0. The summed E-state index contributed by atoms with van der Waals surface area (Å²) in [7, 11) is 1.54. The number of carboxylic acid groups (broad SMARTS) is 1. The summed E-state index contributed by atoms with van der Waals surface area (Å²) >= 11 is 12.6. The Hall–Kier alpha value is -2.25. The van der Waals surface area contributed by atoms with Crippen LogP contribution in [0.1, 0.15) is 38.5 Å². The molecule has 1 aromatic carbocycles. The summed E-state index contributed by atoms with van der Waals surface area (Å²) in [5, 5.41) is 18.1. The fourth-order valence-electron chi connectivity index (χ4n) is 6.49. The molecule has 4 aliphatic rings. The van der Waals surface area contributed by atoms with Gasteiger partial charge in [0.05, 0.1) is 35.6 Å². The van der Waals surface area contributed by atoms with Crippen molar-refractivity contribution in [2.75, 3.05) is 12.4 Å². The number of carbonyl (C=O) groups is 1. The molecule has 0 spiro atoms. The second kappa shape index (κ2) is 7.14. The van der Waals surface area contributed by atoms with Gasteiger partial charge in [-0.15, -0.1) is 0 Å². The fraction of sp³-hybridized carbons (Fsp3) is 0.500. The Balaban J connectivity index is 1.53. The smallest absolute Gasteiger partial charge is 0.309 e. The number of hydrogen-bond acceptors (Lipinski definition) is 5. The molecule has 4 saturated carbocycles. The van der Waals surface area contributed by atoms with Crippen molar-refractivity contribution in [1.82, 2.24) is 9.78 Å². The molecule has 2 aromatic rings. The Morgan fingerprint density at radius 3 is 2.58 bits per heavy atom. The van der Waals surface area contributed by atoms with Crippen molar-refractivity contribution in [3.63, 3.8) is 0 Å². The highest BCUT2D eigenvalue weighted by molar-refractivity contribution is 6.33. The van der Waals surface area contributed by atoms with Gasteiger partial charge < -0.3 is 15.2 Å². The summed E-state index contributed by atoms with van der Waals surface area (Å²) in [4.78, 5) is 25.5. The van der Waals surface area contributed by atoms with Crippen LogP contribution in [0.3, 0.4) is 0 Å². The molecule has 4 fully saturated rings. The minimum absolute atomic E-state index is 0.0112. The normalized spacial score (nSPS) is 30.9. The number of rotatable bonds is 5. The van der Waals surface area contributed by atoms with E-state index in [9.17, 15) is 14.7 Å². The van der Waals surface area contributed by atoms with Crippen LogP contribution in [-0.4, -0.2) is 28.0 Å². The molecule has 2 atom stereocenters. The molecule has 0 amide bonds. The van der Waals surface area contributed by atoms with Crippen LogP contribution >= 0.6 is 23.2 Å². The summed E-state index contributed by atoms with van der Waals surface area (Å²) in [6.07, 6.45) is 5.92. The van der Waals surface area contributed by atoms with E-state index in [1.807, 2.05) is 0 Å². The lowest BCUT2D eigenvalue weighted by molar-refractivity contribution is -0.173. The number of hydrogen-bond donors (Lipinski definition) is 2. The Kier molecular flexibility index (Phi) is 4.75. The highest BCUT2D eigenvalue weighted by Crippen LogP contribution is 2.63. The number of nitrogens with zero attached hydrogens (tertiary/aromatic N) is 2. The summed E-state index contributed by atoms with van der Waals surface area (Å²) in [5.74, 6) is 0.405. The average Bonchev–Trinajstić information content (AvgIpc) is 2.70. The second-order valence-electron chi connectivity index (χ2n) is 9.33. The van der Waals surface area contributed by atoms with Crippen LogP contribution in [0.15, 0.2) is 29.2 Å². The van der Waals surface area contributed by atoms with Crippen molar-refractivity contribution in [3.8, 4) is 5.75 Å². The molecule has 31 heavy (non-hydrogen) atoms. The number of ether oxygens (including phenoxy) is 1. The Bertz CT molecular complexity index is 1120. The third-order valence-corrected chi connectivity index (χ3v) is 7.88. The number of anilines is 2. The topological polar surface area (TPSA) is 93.4 Å². The Morgan fingerprint density at radius 1 is 1.23 bits per heavy atom. The minimum Gasteiger partial charge on any atom is -0.495 e. The predicted molar refractivity (Wildman–Crippen MR) is 118 cm³/mol. The van der Waals surface area contributed by atoms with Crippen LogP contribution in [-0.2, 0) is 10.3 Å². The van der Waals surface area contributed by atoms with E-state index in [0.717, 1.165) is 19.3 Å². The van der Waals surface area contributed by atoms with Gasteiger partial charge in [-0.05, 0) is 68.6 Å². The maximum Gasteiger partial charge on any atom is 0.309 e. The van der Waals surface area contributed by atoms with Crippen molar-refractivity contribution < 1.29 is 14.6 Å². The van der Waals surface area contributed by atoms with Crippen LogP contribution in [0.25, 0.3) is 0 Å². The average molecular weight is 464 g/mol. The number of nitrogens with one attached hydrogen (secondary N) is 1. The van der Waals surface area contributed by atoms with Crippen LogP contribution < -0.4 is 15.6 Å². The molecule has 9 heteroatoms. The largest absolute Gasteiger partial charge is 0.495 e. The van der Waals surface area contributed by atoms with E-state index in [1.165, 1.54) is 18.0 Å². The van der Waals surface area contributed by atoms with Gasteiger partial charge in [0.1, 0.15) is 10.8 Å². The van der Waals surface area contributed by atoms with E-state index in [4.69, 9.17) is 27.9 Å². The molecule has 0 saturated heterocycles. The third kappa shape index (κ3) is 3.21. The molecule has 1 heterocycles. The number of aromatic nitrogens is 2. The number of carboxylic acids is 1. The lowest BCUT2D eigenvalue weighted by atomic mass is 9.47. The van der Waals surface area contributed by atoms with Crippen LogP contribution in [0.5, 0.6) is 5.75 Å². The molecule has 4 aliphatic carbocycles. The van der Waals surface area contributed by atoms with E-state index < -0.39 is 22.5 Å². The van der Waals surface area contributed by atoms with Gasteiger partial charge in [0.15, 0.2) is 0 Å². The molecular weight excluding hydrogens is 441 g/mol. The standard InChI is InChI=1S/C22H23Cl2N3O4/c1-31-17-3-2-14(23)5-15(17)26-16-10-25-27(19(28)18(16)24)22-8-12-4-13(9-22)7-21(6-12,11-22)20(29)30/h2-3,5,10,12-13,26H,4,6-9,11H2,1H3,(H,29,30). The molecular formula is C22H23Cl2N3O4. The molecule has 6 rings (SSSR count). The van der Waals surface area contributed by atoms with Crippen molar-refractivity contribution in [1.29, 1.82) is 0 Å². The number of halogens is 2. The number of methoxy groups -OCH3 is 1. The molecule has 2 unspecified atom stereocenters. The summed E-state index contributed by atoms with van der Waals surface area (Å²) in [6, 6.07) is 5.10. The first-order valence-corrected chi connectivity index (χ1v) is 11.1. The van der Waals surface area contributed by atoms with Crippen molar-refractivity contribution in [2.45, 2.75) is 44.1 Å². The van der Waals surface area contributed by atoms with E-state index >= 15 is 0 Å². The van der Waals surface area contributed by atoms with Gasteiger partial charge in [0, 0.05) is 5.02 Å². The van der Waals surface area contributed by atoms with Crippen molar-refractivity contribution in [2.24, 2.45) is 17.3 Å². The zero-order valence-corrected chi connectivity index (χ0v) is 18.5. The van der Waals surface area contributed by atoms with Gasteiger partial charge >= 0.3 is 5.97 Å². The minimum atomic E-state index is -0.761. The van der Waals surface area contributed by atoms with Crippen LogP contribution in [0.2, 0.25) is 10.0 Å². The summed E-state index contributed by atoms with van der Waals surface area (Å²) < 4.78 is 6.80. The fourth-order valence-corrected chi connectivity index (χ4v) is 6.84. The predicted octanol–water partition coefficient (Wildman–Crippen LogP) is 4.68. The Morgan fingerprint density at radius 2 is 1.94 bits per heavy atom. The third-order valence-electron chi connectivity index (χ3n) is 7.28. The van der Waals surface area contributed by atoms with E-state index in [0.29, 0.717) is 53.2 Å². The maximum atomic E-state index is 13.3. The van der Waals surface area contributed by atoms with Crippen molar-refractivity contribution >= 4 is 40.5 Å². The molecule has 164 valence electrons. The quantitative estimate of drug-likeness (QED) is 0.668. The first kappa shape index (κ1) is 20.6. The highest BCUT2D eigenvalue weighted by atomic mass is 35.5. The monoisotopic (exact) mass is 463 g/mol. The SMILES string of the molecule is COc1ccc(Cl)cc1Nc1cnn(C23CC4CC(CC(C(=O)O)(C4)C2)C3)c(=O)c1Cl. The highest BCUT2D eigenvalue weighted by Gasteiger charge is 2.62. The first-order chi connectivity index (χ1) is 14.7. The van der Waals surface area contributed by atoms with Gasteiger partial charge in [-0.25, -0.2) is 4.68 Å². The molecule has 7 nitrogen and oxygen atoms in total. The van der Waals surface area contributed by atoms with Gasteiger partial charge in [0.25, 0.3) is 5.56 Å². The van der Waals surface area contributed by atoms with Crippen molar-refractivity contribution in [3.05, 3.63) is 44.8 Å². The van der Waals surface area contributed by atoms with E-state index in [2.05, 4.69) is 10.4 Å². The second-order valence-corrected chi connectivity index (χ2v) is 10.1. The van der Waals surface area contributed by atoms with E-state index in [-0.39, 0.29) is 5.02 Å². The number of benzene rings is 1. The lowest BCUT2D eigenvalue weighted by Crippen LogP contribution is -2.61. The van der Waals surface area contributed by atoms with Gasteiger partial charge in [0.2, 0.25) is 0 Å². The summed E-state index contributed by atoms with van der Waals surface area (Å²) in [6.45, 7) is 0. The summed E-state index contributed by atoms with van der Waals surface area (Å²) in [5.41, 5.74) is -0.843. The van der Waals surface area contributed by atoms with Crippen LogP contribution in [0, 0.1) is 17.3 Å². The molecule has 4 bridgehead atoms. The molecule has 1 aromatic heterocycles.